The Kier molecular flexibility index (Phi) is 6.07. The van der Waals surface area contributed by atoms with E-state index in [0.717, 1.165) is 5.56 Å². The minimum absolute atomic E-state index is 0.181. The fraction of sp³-hybridized carbons (Fsp3) is 0.292. The molecule has 0 aromatic heterocycles. The smallest absolute Gasteiger partial charge is 0.356 e. The number of esters is 1. The molecule has 2 aliphatic heterocycles. The molecule has 4 rings (SSSR count). The molecule has 2 amide bonds. The van der Waals surface area contributed by atoms with Crippen molar-refractivity contribution in [1.82, 2.24) is 10.2 Å². The summed E-state index contributed by atoms with van der Waals surface area (Å²) >= 11 is 1.34. The zero-order valence-electron chi connectivity index (χ0n) is 18.5. The maximum Gasteiger partial charge on any atom is 0.356 e. The van der Waals surface area contributed by atoms with Gasteiger partial charge in [0.05, 0.1) is 0 Å². The molecule has 33 heavy (non-hydrogen) atoms. The molecule has 0 spiro atoms. The molecule has 0 radical (unpaired) electrons. The predicted octanol–water partition coefficient (Wildman–Crippen LogP) is 2.76. The van der Waals surface area contributed by atoms with Gasteiger partial charge >= 0.3 is 5.97 Å². The summed E-state index contributed by atoms with van der Waals surface area (Å²) in [7, 11) is 0. The summed E-state index contributed by atoms with van der Waals surface area (Å²) in [5.41, 5.74) is 6.59. The predicted molar refractivity (Wildman–Crippen MR) is 126 cm³/mol. The van der Waals surface area contributed by atoms with Crippen LogP contribution >= 0.6 is 11.8 Å². The maximum atomic E-state index is 13.0. The minimum Gasteiger partial charge on any atom is -0.484 e. The van der Waals surface area contributed by atoms with E-state index in [1.807, 2.05) is 6.07 Å². The van der Waals surface area contributed by atoms with Crippen LogP contribution in [0, 0.1) is 0 Å². The number of rotatable bonds is 6. The molecule has 172 valence electrons. The summed E-state index contributed by atoms with van der Waals surface area (Å²) in [6.07, 6.45) is 0. The number of para-hydroxylation sites is 1. The van der Waals surface area contributed by atoms with Gasteiger partial charge in [-0.2, -0.15) is 0 Å². The van der Waals surface area contributed by atoms with Crippen molar-refractivity contribution in [3.63, 3.8) is 0 Å². The van der Waals surface area contributed by atoms with Gasteiger partial charge in [0.1, 0.15) is 28.5 Å². The number of carbonyl (C=O) groups excluding carboxylic acids is 3. The van der Waals surface area contributed by atoms with E-state index in [4.69, 9.17) is 15.2 Å². The molecule has 9 heteroatoms. The van der Waals surface area contributed by atoms with Crippen LogP contribution in [0.25, 0.3) is 4.91 Å². The van der Waals surface area contributed by atoms with Crippen LogP contribution in [0.15, 0.2) is 60.3 Å². The fourth-order valence-corrected chi connectivity index (χ4v) is 4.92. The highest BCUT2D eigenvalue weighted by molar-refractivity contribution is 8.09. The molecular weight excluding hydrogens is 442 g/mol. The van der Waals surface area contributed by atoms with Gasteiger partial charge < -0.3 is 20.5 Å². The number of ether oxygens (including phenoxy) is 2. The van der Waals surface area contributed by atoms with E-state index in [1.54, 1.807) is 69.3 Å². The molecule has 0 saturated carbocycles. The highest BCUT2D eigenvalue weighted by atomic mass is 32.2. The van der Waals surface area contributed by atoms with Crippen molar-refractivity contribution in [2.24, 2.45) is 0 Å². The van der Waals surface area contributed by atoms with Crippen LogP contribution in [-0.2, 0) is 19.1 Å². The van der Waals surface area contributed by atoms with Gasteiger partial charge in [-0.25, -0.2) is 4.79 Å². The molecule has 0 aliphatic carbocycles. The van der Waals surface area contributed by atoms with Crippen LogP contribution in [0.3, 0.4) is 0 Å². The zero-order chi connectivity index (χ0) is 23.8. The van der Waals surface area contributed by atoms with Crippen LogP contribution in [0.1, 0.15) is 26.3 Å². The van der Waals surface area contributed by atoms with Gasteiger partial charge in [0.15, 0.2) is 6.61 Å². The zero-order valence-corrected chi connectivity index (χ0v) is 19.3. The maximum absolute atomic E-state index is 13.0. The highest BCUT2D eigenvalue weighted by Gasteiger charge is 2.57. The largest absolute Gasteiger partial charge is 0.484 e. The average molecular weight is 468 g/mol. The number of nitrogens with one attached hydrogen (secondary N) is 1. The molecule has 8 nitrogen and oxygen atoms in total. The van der Waals surface area contributed by atoms with E-state index >= 15 is 0 Å². The number of anilines is 1. The summed E-state index contributed by atoms with van der Waals surface area (Å²) in [5.74, 6) is -0.817. The van der Waals surface area contributed by atoms with Crippen LogP contribution in [-0.4, -0.2) is 46.3 Å². The molecular formula is C24H25N3O5S. The van der Waals surface area contributed by atoms with Gasteiger partial charge in [0.2, 0.25) is 0 Å². The van der Waals surface area contributed by atoms with Crippen molar-refractivity contribution in [1.29, 1.82) is 0 Å². The van der Waals surface area contributed by atoms with Crippen molar-refractivity contribution in [3.8, 4) is 5.75 Å². The molecule has 2 heterocycles. The Labute approximate surface area is 196 Å². The first-order chi connectivity index (χ1) is 15.6. The molecule has 1 fully saturated rings. The topological polar surface area (TPSA) is 111 Å². The number of hydrogen-bond donors (Lipinski definition) is 2. The number of fused-ring (bicyclic) bond motifs is 1. The lowest BCUT2D eigenvalue weighted by molar-refractivity contribution is -0.158. The minimum atomic E-state index is -0.773. The summed E-state index contributed by atoms with van der Waals surface area (Å²) in [6.45, 7) is 5.08. The molecule has 0 unspecified atom stereocenters. The first-order valence-electron chi connectivity index (χ1n) is 10.4. The number of amides is 2. The van der Waals surface area contributed by atoms with Crippen LogP contribution in [0.2, 0.25) is 0 Å². The second kappa shape index (κ2) is 8.82. The fourth-order valence-electron chi connectivity index (χ4n) is 3.48. The quantitative estimate of drug-likeness (QED) is 0.382. The third-order valence-corrected chi connectivity index (χ3v) is 6.32. The number of benzene rings is 2. The van der Waals surface area contributed by atoms with Crippen molar-refractivity contribution in [3.05, 3.63) is 65.9 Å². The van der Waals surface area contributed by atoms with Crippen LogP contribution < -0.4 is 15.8 Å². The number of thioether (sulfide) groups is 1. The van der Waals surface area contributed by atoms with Crippen molar-refractivity contribution in [2.45, 2.75) is 37.8 Å². The lowest BCUT2D eigenvalue weighted by Crippen LogP contribution is -2.68. The van der Waals surface area contributed by atoms with Crippen LogP contribution in [0.5, 0.6) is 5.75 Å². The van der Waals surface area contributed by atoms with Crippen molar-refractivity contribution in [2.75, 3.05) is 12.3 Å². The monoisotopic (exact) mass is 467 g/mol. The number of β-lactam (4-membered cyclic amide) rings is 1. The van der Waals surface area contributed by atoms with E-state index in [2.05, 4.69) is 5.32 Å². The van der Waals surface area contributed by atoms with E-state index in [-0.39, 0.29) is 18.2 Å². The Balaban J connectivity index is 1.51. The molecule has 2 aromatic carbocycles. The average Bonchev–Trinajstić information content (AvgIpc) is 3.12. The lowest BCUT2D eigenvalue weighted by atomic mass is 10.0. The second-order valence-corrected chi connectivity index (χ2v) is 9.79. The Hall–Kier alpha value is -3.46. The number of hydrogen-bond acceptors (Lipinski definition) is 7. The molecule has 1 saturated heterocycles. The SMILES string of the molecule is CC(C)(C)OC(=O)C1=C(c2ccc(N)cc2)S[C@H]2[C@H](NC(=O)COc3ccccc3)C(=O)N12. The summed E-state index contributed by atoms with van der Waals surface area (Å²) in [5, 5.41) is 2.27. The highest BCUT2D eigenvalue weighted by Crippen LogP contribution is 2.51. The van der Waals surface area contributed by atoms with Gasteiger partial charge in [-0.1, -0.05) is 42.1 Å². The lowest BCUT2D eigenvalue weighted by Gasteiger charge is -2.42. The van der Waals surface area contributed by atoms with Crippen molar-refractivity contribution < 1.29 is 23.9 Å². The summed E-state index contributed by atoms with van der Waals surface area (Å²) < 4.78 is 11.0. The Bertz CT molecular complexity index is 1110. The number of carbonyl (C=O) groups is 3. The third-order valence-electron chi connectivity index (χ3n) is 4.93. The van der Waals surface area contributed by atoms with Crippen LogP contribution in [0.4, 0.5) is 5.69 Å². The normalized spacial score (nSPS) is 19.6. The van der Waals surface area contributed by atoms with Gasteiger partial charge in [-0.15, -0.1) is 0 Å². The van der Waals surface area contributed by atoms with E-state index < -0.39 is 28.9 Å². The number of nitrogens with two attached hydrogens (primary N) is 1. The summed E-state index contributed by atoms with van der Waals surface area (Å²) in [6, 6.07) is 15.2. The van der Waals surface area contributed by atoms with E-state index in [9.17, 15) is 14.4 Å². The molecule has 2 aliphatic rings. The molecule has 2 atom stereocenters. The van der Waals surface area contributed by atoms with Gasteiger partial charge in [-0.05, 0) is 50.6 Å². The Morgan fingerprint density at radius 3 is 2.39 bits per heavy atom. The number of nitrogens with zero attached hydrogens (tertiary/aromatic N) is 1. The van der Waals surface area contributed by atoms with Gasteiger partial charge in [-0.3, -0.25) is 14.5 Å². The molecule has 3 N–H and O–H groups in total. The van der Waals surface area contributed by atoms with E-state index in [1.165, 1.54) is 16.7 Å². The first-order valence-corrected chi connectivity index (χ1v) is 11.3. The van der Waals surface area contributed by atoms with Gasteiger partial charge in [0.25, 0.3) is 11.8 Å². The Morgan fingerprint density at radius 2 is 1.76 bits per heavy atom. The van der Waals surface area contributed by atoms with E-state index in [0.29, 0.717) is 16.3 Å². The molecule has 2 aromatic rings. The third kappa shape index (κ3) is 4.83. The Morgan fingerprint density at radius 1 is 1.09 bits per heavy atom. The van der Waals surface area contributed by atoms with Gasteiger partial charge in [0, 0.05) is 10.6 Å². The molecule has 0 bridgehead atoms. The first kappa shape index (κ1) is 22.7. The van der Waals surface area contributed by atoms with Crippen molar-refractivity contribution >= 4 is 40.1 Å². The summed E-state index contributed by atoms with van der Waals surface area (Å²) in [4.78, 5) is 40.4. The number of nitrogen functional groups attached to an aromatic ring is 1. The second-order valence-electron chi connectivity index (χ2n) is 8.67. The standard InChI is InChI=1S/C24H25N3O5S/c1-24(2,3)32-23(30)19-20(14-9-11-15(25)12-10-14)33-22-18(21(29)27(19)22)26-17(28)13-31-16-7-5-4-6-8-16/h4-12,18,22H,13,25H2,1-3H3,(H,26,28)/t18-,22+/m1/s1.